The first-order valence-electron chi connectivity index (χ1n) is 11.2. The molecule has 2 aromatic heterocycles. The highest BCUT2D eigenvalue weighted by molar-refractivity contribution is 7.14. The molecule has 2 amide bonds. The van der Waals surface area contributed by atoms with E-state index in [2.05, 4.69) is 26.7 Å². The van der Waals surface area contributed by atoms with E-state index in [0.717, 1.165) is 22.5 Å². The lowest BCUT2D eigenvalue weighted by atomic mass is 9.79. The van der Waals surface area contributed by atoms with Crippen LogP contribution in [0, 0.1) is 11.3 Å². The zero-order valence-electron chi connectivity index (χ0n) is 19.2. The lowest BCUT2D eigenvalue weighted by molar-refractivity contribution is -0.115. The Morgan fingerprint density at radius 2 is 2.06 bits per heavy atom. The molecule has 0 saturated heterocycles. The first-order chi connectivity index (χ1) is 17.2. The SMILES string of the molecule is C[C@@]1(C#N)COCc2ccc(C(=O)NCC(=O)Nc3nc(-c4cccc([C@@H]5CC5(F)F)n4)cs3)cc21. The minimum absolute atomic E-state index is 0.203. The number of ether oxygens (including phenoxy) is 1. The van der Waals surface area contributed by atoms with Crippen LogP contribution >= 0.6 is 11.3 Å². The number of hydrogen-bond acceptors (Lipinski definition) is 7. The molecule has 8 nitrogen and oxygen atoms in total. The Morgan fingerprint density at radius 3 is 2.81 bits per heavy atom. The van der Waals surface area contributed by atoms with Crippen LogP contribution in [0.2, 0.25) is 0 Å². The summed E-state index contributed by atoms with van der Waals surface area (Å²) >= 11 is 1.16. The Hall–Kier alpha value is -3.75. The lowest BCUT2D eigenvalue weighted by Crippen LogP contribution is -2.34. The number of benzene rings is 1. The number of anilines is 1. The van der Waals surface area contributed by atoms with Crippen LogP contribution in [0.3, 0.4) is 0 Å². The third-order valence-corrected chi connectivity index (χ3v) is 7.00. The number of hydrogen-bond donors (Lipinski definition) is 2. The molecule has 0 spiro atoms. The van der Waals surface area contributed by atoms with E-state index < -0.39 is 29.1 Å². The third-order valence-electron chi connectivity index (χ3n) is 6.24. The number of fused-ring (bicyclic) bond motifs is 1. The Bertz CT molecular complexity index is 1400. The summed E-state index contributed by atoms with van der Waals surface area (Å²) in [7, 11) is 0. The molecule has 0 unspecified atom stereocenters. The molecule has 1 aromatic carbocycles. The van der Waals surface area contributed by atoms with E-state index >= 15 is 0 Å². The maximum Gasteiger partial charge on any atom is 0.257 e. The summed E-state index contributed by atoms with van der Waals surface area (Å²) in [5.41, 5.74) is 2.32. The Balaban J connectivity index is 1.19. The minimum Gasteiger partial charge on any atom is -0.375 e. The number of alkyl halides is 2. The predicted octanol–water partition coefficient (Wildman–Crippen LogP) is 4.01. The van der Waals surface area contributed by atoms with E-state index in [-0.39, 0.29) is 19.6 Å². The van der Waals surface area contributed by atoms with Gasteiger partial charge in [0.15, 0.2) is 5.13 Å². The molecule has 36 heavy (non-hydrogen) atoms. The van der Waals surface area contributed by atoms with Gasteiger partial charge in [0.1, 0.15) is 11.1 Å². The van der Waals surface area contributed by atoms with Gasteiger partial charge in [-0.25, -0.2) is 13.8 Å². The van der Waals surface area contributed by atoms with Gasteiger partial charge >= 0.3 is 0 Å². The van der Waals surface area contributed by atoms with Gasteiger partial charge in [-0.2, -0.15) is 5.26 Å². The van der Waals surface area contributed by atoms with Crippen molar-refractivity contribution in [2.24, 2.45) is 0 Å². The number of nitriles is 1. The minimum atomic E-state index is -2.71. The molecule has 5 rings (SSSR count). The average Bonchev–Trinajstić information content (AvgIpc) is 3.28. The van der Waals surface area contributed by atoms with Gasteiger partial charge < -0.3 is 15.4 Å². The monoisotopic (exact) mass is 509 g/mol. The van der Waals surface area contributed by atoms with E-state index in [1.165, 1.54) is 0 Å². The van der Waals surface area contributed by atoms with Crippen molar-refractivity contribution >= 4 is 28.3 Å². The molecule has 2 N–H and O–H groups in total. The number of carbonyl (C=O) groups is 2. The fourth-order valence-corrected chi connectivity index (χ4v) is 4.81. The first kappa shape index (κ1) is 24.0. The van der Waals surface area contributed by atoms with E-state index in [1.54, 1.807) is 48.7 Å². The van der Waals surface area contributed by atoms with Crippen LogP contribution in [0.5, 0.6) is 0 Å². The van der Waals surface area contributed by atoms with E-state index in [9.17, 15) is 23.6 Å². The van der Waals surface area contributed by atoms with Gasteiger partial charge in [-0.3, -0.25) is 14.6 Å². The number of nitrogens with zero attached hydrogens (tertiary/aromatic N) is 3. The Kier molecular flexibility index (Phi) is 6.02. The van der Waals surface area contributed by atoms with Crippen molar-refractivity contribution in [1.82, 2.24) is 15.3 Å². The van der Waals surface area contributed by atoms with Crippen LogP contribution in [0.15, 0.2) is 41.8 Å². The zero-order chi connectivity index (χ0) is 25.5. The maximum atomic E-state index is 13.4. The second-order valence-corrected chi connectivity index (χ2v) is 9.90. The summed E-state index contributed by atoms with van der Waals surface area (Å²) < 4.78 is 32.2. The molecule has 1 fully saturated rings. The fraction of sp³-hybridized carbons (Fsp3) is 0.320. The second-order valence-electron chi connectivity index (χ2n) is 9.04. The van der Waals surface area contributed by atoms with Gasteiger partial charge in [0, 0.05) is 17.4 Å². The highest BCUT2D eigenvalue weighted by atomic mass is 32.1. The van der Waals surface area contributed by atoms with Crippen molar-refractivity contribution in [3.05, 3.63) is 64.2 Å². The Labute approximate surface area is 209 Å². The van der Waals surface area contributed by atoms with Crippen molar-refractivity contribution < 1.29 is 23.1 Å². The largest absolute Gasteiger partial charge is 0.375 e. The standard InChI is InChI=1S/C25H21F2N5O3S/c1-24(12-28)13-35-10-15-6-5-14(7-16(15)24)22(34)29-9-21(33)32-23-31-20(11-36-23)19-4-2-3-18(30-19)17-8-25(17,26)27/h2-7,11,17H,8-10,13H2,1H3,(H,29,34)(H,31,32,33)/t17-,24+/m0/s1. The predicted molar refractivity (Wildman–Crippen MR) is 128 cm³/mol. The van der Waals surface area contributed by atoms with Crippen molar-refractivity contribution in [2.45, 2.75) is 37.2 Å². The summed E-state index contributed by atoms with van der Waals surface area (Å²) in [4.78, 5) is 33.6. The molecule has 184 valence electrons. The molecule has 2 aliphatic rings. The van der Waals surface area contributed by atoms with Crippen LogP contribution in [0.4, 0.5) is 13.9 Å². The van der Waals surface area contributed by atoms with Crippen LogP contribution in [-0.2, 0) is 21.6 Å². The van der Waals surface area contributed by atoms with Gasteiger partial charge in [-0.05, 0) is 42.3 Å². The van der Waals surface area contributed by atoms with Crippen LogP contribution in [0.25, 0.3) is 11.4 Å². The molecule has 3 aromatic rings. The third kappa shape index (κ3) is 4.69. The number of rotatable bonds is 6. The first-order valence-corrected chi connectivity index (χ1v) is 12.1. The van der Waals surface area contributed by atoms with Crippen LogP contribution in [0.1, 0.15) is 46.4 Å². The fourth-order valence-electron chi connectivity index (χ4n) is 4.09. The van der Waals surface area contributed by atoms with Gasteiger partial charge in [-0.15, -0.1) is 11.3 Å². The van der Waals surface area contributed by atoms with Crippen LogP contribution in [-0.4, -0.2) is 40.9 Å². The smallest absolute Gasteiger partial charge is 0.257 e. The number of carbonyl (C=O) groups excluding carboxylic acids is 2. The normalized spacial score (nSPS) is 21.7. The van der Waals surface area contributed by atoms with Crippen molar-refractivity contribution in [3.8, 4) is 17.5 Å². The van der Waals surface area contributed by atoms with Gasteiger partial charge in [0.25, 0.3) is 11.8 Å². The summed E-state index contributed by atoms with van der Waals surface area (Å²) in [6, 6.07) is 12.2. The van der Waals surface area contributed by atoms with Gasteiger partial charge in [-0.1, -0.05) is 12.1 Å². The van der Waals surface area contributed by atoms with Crippen molar-refractivity contribution in [3.63, 3.8) is 0 Å². The van der Waals surface area contributed by atoms with E-state index in [1.807, 2.05) is 0 Å². The van der Waals surface area contributed by atoms with Crippen molar-refractivity contribution in [1.29, 1.82) is 5.26 Å². The zero-order valence-corrected chi connectivity index (χ0v) is 20.0. The average molecular weight is 510 g/mol. The summed E-state index contributed by atoms with van der Waals surface area (Å²) in [5.74, 6) is -4.49. The van der Waals surface area contributed by atoms with Crippen molar-refractivity contribution in [2.75, 3.05) is 18.5 Å². The molecule has 2 atom stereocenters. The van der Waals surface area contributed by atoms with Gasteiger partial charge in [0.05, 0.1) is 43.1 Å². The number of amides is 2. The highest BCUT2D eigenvalue weighted by Gasteiger charge is 2.58. The lowest BCUT2D eigenvalue weighted by Gasteiger charge is -2.30. The number of halogens is 2. The molecule has 1 saturated carbocycles. The molecular weight excluding hydrogens is 488 g/mol. The molecular formula is C25H21F2N5O3S. The molecule has 1 aliphatic heterocycles. The number of nitrogens with one attached hydrogen (secondary N) is 2. The molecule has 3 heterocycles. The summed E-state index contributed by atoms with van der Waals surface area (Å²) in [5, 5.41) is 16.7. The topological polar surface area (TPSA) is 117 Å². The van der Waals surface area contributed by atoms with Crippen LogP contribution < -0.4 is 10.6 Å². The van der Waals surface area contributed by atoms with Gasteiger partial charge in [0.2, 0.25) is 5.91 Å². The number of aromatic nitrogens is 2. The molecule has 0 radical (unpaired) electrons. The number of thiazole rings is 1. The number of pyridine rings is 1. The highest BCUT2D eigenvalue weighted by Crippen LogP contribution is 2.55. The second kappa shape index (κ2) is 9.04. The molecule has 11 heteroatoms. The molecule has 1 aliphatic carbocycles. The molecule has 0 bridgehead atoms. The summed E-state index contributed by atoms with van der Waals surface area (Å²) in [6.07, 6.45) is -0.203. The van der Waals surface area contributed by atoms with E-state index in [4.69, 9.17) is 4.74 Å². The Morgan fingerprint density at radius 1 is 1.25 bits per heavy atom. The van der Waals surface area contributed by atoms with E-state index in [0.29, 0.717) is 34.4 Å². The maximum absolute atomic E-state index is 13.4. The quantitative estimate of drug-likeness (QED) is 0.519. The summed E-state index contributed by atoms with van der Waals surface area (Å²) in [6.45, 7) is 2.09.